The number of anilines is 1. The molecule has 0 aliphatic carbocycles. The number of aromatic nitrogens is 3. The van der Waals surface area contributed by atoms with E-state index in [-0.39, 0.29) is 24.6 Å². The summed E-state index contributed by atoms with van der Waals surface area (Å²) in [6, 6.07) is 10.1. The third-order valence-corrected chi connectivity index (χ3v) is 3.62. The van der Waals surface area contributed by atoms with Crippen LogP contribution in [0.2, 0.25) is 0 Å². The summed E-state index contributed by atoms with van der Waals surface area (Å²) in [5.41, 5.74) is 0.772. The van der Waals surface area contributed by atoms with Crippen LogP contribution in [0, 0.1) is 0 Å². The third-order valence-electron chi connectivity index (χ3n) is 3.62. The molecule has 2 heterocycles. The molecule has 8 nitrogen and oxygen atoms in total. The van der Waals surface area contributed by atoms with E-state index in [1.807, 2.05) is 0 Å². The summed E-state index contributed by atoms with van der Waals surface area (Å²) in [4.78, 5) is 31.5. The smallest absolute Gasteiger partial charge is 0.262 e. The first-order valence-electron chi connectivity index (χ1n) is 8.01. The molecule has 2 N–H and O–H groups in total. The first-order chi connectivity index (χ1) is 12.5. The maximum Gasteiger partial charge on any atom is 0.262 e. The average Bonchev–Trinajstić information content (AvgIpc) is 2.63. The number of pyridine rings is 1. The van der Waals surface area contributed by atoms with E-state index in [1.54, 1.807) is 42.6 Å². The van der Waals surface area contributed by atoms with Crippen LogP contribution >= 0.6 is 0 Å². The number of fused-ring (bicyclic) bond motifs is 1. The molecule has 1 atom stereocenters. The molecular formula is C18H18N4O4. The summed E-state index contributed by atoms with van der Waals surface area (Å²) in [7, 11) is 0. The number of carbonyl (C=O) groups is 1. The van der Waals surface area contributed by atoms with Crippen molar-refractivity contribution in [2.45, 2.75) is 19.6 Å². The van der Waals surface area contributed by atoms with E-state index >= 15 is 0 Å². The normalized spacial score (nSPS) is 11.9. The van der Waals surface area contributed by atoms with Crippen LogP contribution < -0.4 is 15.6 Å². The number of hydrogen-bond acceptors (Lipinski definition) is 6. The summed E-state index contributed by atoms with van der Waals surface area (Å²) in [6.45, 7) is 1.50. The predicted molar refractivity (Wildman–Crippen MR) is 96.0 cm³/mol. The Kier molecular flexibility index (Phi) is 5.23. The molecule has 26 heavy (non-hydrogen) atoms. The molecule has 134 valence electrons. The molecule has 0 unspecified atom stereocenters. The maximum absolute atomic E-state index is 12.4. The first kappa shape index (κ1) is 17.6. The molecule has 0 aliphatic rings. The van der Waals surface area contributed by atoms with E-state index in [2.05, 4.69) is 15.3 Å². The van der Waals surface area contributed by atoms with Gasteiger partial charge < -0.3 is 15.2 Å². The van der Waals surface area contributed by atoms with Gasteiger partial charge >= 0.3 is 0 Å². The molecule has 1 amide bonds. The molecule has 0 saturated heterocycles. The molecule has 2 aromatic heterocycles. The van der Waals surface area contributed by atoms with Crippen molar-refractivity contribution in [2.75, 3.05) is 11.9 Å². The number of ether oxygens (including phenoxy) is 1. The van der Waals surface area contributed by atoms with Crippen LogP contribution in [0.25, 0.3) is 11.0 Å². The van der Waals surface area contributed by atoms with E-state index in [1.165, 1.54) is 17.8 Å². The van der Waals surface area contributed by atoms with Gasteiger partial charge in [-0.3, -0.25) is 14.2 Å². The highest BCUT2D eigenvalue weighted by Gasteiger charge is 2.10. The number of aliphatic hydroxyl groups excluding tert-OH is 1. The molecule has 0 spiro atoms. The van der Waals surface area contributed by atoms with Gasteiger partial charge in [0.1, 0.15) is 24.8 Å². The monoisotopic (exact) mass is 354 g/mol. The Bertz CT molecular complexity index is 969. The summed E-state index contributed by atoms with van der Waals surface area (Å²) in [6.07, 6.45) is 2.04. The minimum absolute atomic E-state index is 0.0109. The average molecular weight is 354 g/mol. The Balaban J connectivity index is 1.61. The summed E-state index contributed by atoms with van der Waals surface area (Å²) in [5.74, 6) is 0.394. The van der Waals surface area contributed by atoms with Crippen LogP contribution in [-0.2, 0) is 11.3 Å². The lowest BCUT2D eigenvalue weighted by molar-refractivity contribution is -0.114. The third kappa shape index (κ3) is 4.22. The van der Waals surface area contributed by atoms with Crippen LogP contribution in [-0.4, -0.2) is 38.3 Å². The van der Waals surface area contributed by atoms with Crippen LogP contribution in [0.15, 0.2) is 53.7 Å². The second-order valence-electron chi connectivity index (χ2n) is 5.75. The van der Waals surface area contributed by atoms with E-state index < -0.39 is 6.10 Å². The van der Waals surface area contributed by atoms with Crippen molar-refractivity contribution in [3.8, 4) is 5.75 Å². The van der Waals surface area contributed by atoms with E-state index in [0.717, 1.165) is 0 Å². The number of benzene rings is 1. The largest absolute Gasteiger partial charge is 0.491 e. The Labute approximate surface area is 149 Å². The molecule has 0 bridgehead atoms. The van der Waals surface area contributed by atoms with Gasteiger partial charge in [-0.15, -0.1) is 0 Å². The number of nitrogens with one attached hydrogen (secondary N) is 1. The zero-order valence-corrected chi connectivity index (χ0v) is 14.1. The molecule has 1 aromatic carbocycles. The molecule has 3 rings (SSSR count). The summed E-state index contributed by atoms with van der Waals surface area (Å²) < 4.78 is 6.85. The number of hydrogen-bond donors (Lipinski definition) is 2. The van der Waals surface area contributed by atoms with Crippen LogP contribution in [0.5, 0.6) is 5.75 Å². The van der Waals surface area contributed by atoms with E-state index in [9.17, 15) is 14.7 Å². The number of rotatable bonds is 6. The van der Waals surface area contributed by atoms with E-state index in [4.69, 9.17) is 4.74 Å². The van der Waals surface area contributed by atoms with Crippen molar-refractivity contribution in [1.82, 2.24) is 14.5 Å². The van der Waals surface area contributed by atoms with Crippen LogP contribution in [0.1, 0.15) is 6.92 Å². The Hall–Kier alpha value is -3.26. The Morgan fingerprint density at radius 3 is 2.77 bits per heavy atom. The topological polar surface area (TPSA) is 106 Å². The van der Waals surface area contributed by atoms with Crippen LogP contribution in [0.3, 0.4) is 0 Å². The highest BCUT2D eigenvalue weighted by Crippen LogP contribution is 2.16. The van der Waals surface area contributed by atoms with Gasteiger partial charge in [-0.05, 0) is 36.4 Å². The SMILES string of the molecule is CC(=O)Nc1ccc(OC[C@@H](O)Cn2cnc3ncccc3c2=O)cc1. The van der Waals surface area contributed by atoms with Crippen molar-refractivity contribution in [1.29, 1.82) is 0 Å². The van der Waals surface area contributed by atoms with E-state index in [0.29, 0.717) is 22.5 Å². The predicted octanol–water partition coefficient (Wildman–Crippen LogP) is 1.19. The lowest BCUT2D eigenvalue weighted by Gasteiger charge is -2.14. The van der Waals surface area contributed by atoms with Gasteiger partial charge in [-0.1, -0.05) is 0 Å². The molecular weight excluding hydrogens is 336 g/mol. The van der Waals surface area contributed by atoms with Crippen molar-refractivity contribution in [2.24, 2.45) is 0 Å². The van der Waals surface area contributed by atoms with Gasteiger partial charge in [0, 0.05) is 18.8 Å². The van der Waals surface area contributed by atoms with Gasteiger partial charge in [0.25, 0.3) is 5.56 Å². The standard InChI is InChI=1S/C18H18N4O4/c1-12(23)21-13-4-6-15(7-5-13)26-10-14(24)9-22-11-20-17-16(18(22)25)3-2-8-19-17/h2-8,11,14,24H,9-10H2,1H3,(H,21,23)/t14-/m0/s1. The van der Waals surface area contributed by atoms with Gasteiger partial charge in [-0.2, -0.15) is 0 Å². The Morgan fingerprint density at radius 1 is 1.27 bits per heavy atom. The fourth-order valence-electron chi connectivity index (χ4n) is 2.44. The molecule has 8 heteroatoms. The minimum atomic E-state index is -0.890. The zero-order valence-electron chi connectivity index (χ0n) is 14.1. The lowest BCUT2D eigenvalue weighted by atomic mass is 10.3. The quantitative estimate of drug-likeness (QED) is 0.689. The minimum Gasteiger partial charge on any atom is -0.491 e. The van der Waals surface area contributed by atoms with Gasteiger partial charge in [-0.25, -0.2) is 9.97 Å². The highest BCUT2D eigenvalue weighted by molar-refractivity contribution is 5.88. The van der Waals surface area contributed by atoms with Gasteiger partial charge in [0.05, 0.1) is 11.9 Å². The van der Waals surface area contributed by atoms with Crippen LogP contribution in [0.4, 0.5) is 5.69 Å². The second kappa shape index (κ2) is 7.75. The number of aliphatic hydroxyl groups is 1. The maximum atomic E-state index is 12.4. The van der Waals surface area contributed by atoms with Crippen molar-refractivity contribution < 1.29 is 14.6 Å². The fourth-order valence-corrected chi connectivity index (χ4v) is 2.44. The number of carbonyl (C=O) groups excluding carboxylic acids is 1. The summed E-state index contributed by atoms with van der Waals surface area (Å²) >= 11 is 0. The number of amides is 1. The molecule has 3 aromatic rings. The Morgan fingerprint density at radius 2 is 2.04 bits per heavy atom. The molecule has 0 fully saturated rings. The fraction of sp³-hybridized carbons (Fsp3) is 0.222. The van der Waals surface area contributed by atoms with Crippen molar-refractivity contribution in [3.63, 3.8) is 0 Å². The zero-order chi connectivity index (χ0) is 18.5. The molecule has 0 aliphatic heterocycles. The van der Waals surface area contributed by atoms with Gasteiger partial charge in [0.2, 0.25) is 5.91 Å². The van der Waals surface area contributed by atoms with Crippen molar-refractivity contribution >= 4 is 22.6 Å². The van der Waals surface area contributed by atoms with Crippen molar-refractivity contribution in [3.05, 3.63) is 59.3 Å². The summed E-state index contributed by atoms with van der Waals surface area (Å²) in [5, 5.41) is 13.2. The van der Waals surface area contributed by atoms with Gasteiger partial charge in [0.15, 0.2) is 5.65 Å². The second-order valence-corrected chi connectivity index (χ2v) is 5.75. The highest BCUT2D eigenvalue weighted by atomic mass is 16.5. The number of nitrogens with zero attached hydrogens (tertiary/aromatic N) is 3. The first-order valence-corrected chi connectivity index (χ1v) is 8.01. The molecule has 0 saturated carbocycles. The molecule has 0 radical (unpaired) electrons. The lowest BCUT2D eigenvalue weighted by Crippen LogP contribution is -2.30.